The van der Waals surface area contributed by atoms with E-state index in [0.717, 1.165) is 36.0 Å². The first-order chi connectivity index (χ1) is 12.5. The Morgan fingerprint density at radius 2 is 1.81 bits per heavy atom. The van der Waals surface area contributed by atoms with E-state index in [1.165, 1.54) is 3.97 Å². The molecule has 0 aliphatic carbocycles. The van der Waals surface area contributed by atoms with Gasteiger partial charge in [0, 0.05) is 18.1 Å². The molecule has 5 nitrogen and oxygen atoms in total. The van der Waals surface area contributed by atoms with Gasteiger partial charge in [-0.25, -0.2) is 12.4 Å². The normalized spacial score (nSPS) is 18.5. The lowest BCUT2D eigenvalue weighted by Crippen LogP contribution is -2.13. The lowest BCUT2D eigenvalue weighted by atomic mass is 9.98. The highest BCUT2D eigenvalue weighted by atomic mass is 32.2. The molecule has 0 saturated carbocycles. The minimum absolute atomic E-state index is 0.258. The maximum absolute atomic E-state index is 13.3. The Kier molecular flexibility index (Phi) is 4.25. The third-order valence-corrected chi connectivity index (χ3v) is 6.84. The average Bonchev–Trinajstić information content (AvgIpc) is 3.25. The summed E-state index contributed by atoms with van der Waals surface area (Å²) in [4.78, 5) is 2.54. The van der Waals surface area contributed by atoms with Gasteiger partial charge in [0.15, 0.2) is 0 Å². The van der Waals surface area contributed by atoms with E-state index in [1.807, 2.05) is 30.5 Å². The van der Waals surface area contributed by atoms with Crippen LogP contribution < -0.4 is 4.74 Å². The fourth-order valence-corrected chi connectivity index (χ4v) is 5.13. The standard InChI is InChI=1S/C20H22N2O3S/c1-21-12-11-15(13-21)19-14-22(20-6-4-3-5-18(19)20)26(23,24)17-9-7-16(25-2)8-10-17/h3-10,14-15H,11-13H2,1-2H3. The minimum Gasteiger partial charge on any atom is -0.497 e. The van der Waals surface area contributed by atoms with Crippen LogP contribution in [0.4, 0.5) is 0 Å². The smallest absolute Gasteiger partial charge is 0.268 e. The molecule has 0 N–H and O–H groups in total. The number of hydrogen-bond donors (Lipinski definition) is 0. The van der Waals surface area contributed by atoms with Crippen LogP contribution in [0.2, 0.25) is 0 Å². The number of nitrogens with zero attached hydrogens (tertiary/aromatic N) is 2. The zero-order valence-electron chi connectivity index (χ0n) is 14.9. The minimum atomic E-state index is -3.67. The molecular formula is C20H22N2O3S. The highest BCUT2D eigenvalue weighted by Gasteiger charge is 2.27. The third-order valence-electron chi connectivity index (χ3n) is 5.16. The van der Waals surface area contributed by atoms with Crippen molar-refractivity contribution in [1.29, 1.82) is 0 Å². The summed E-state index contributed by atoms with van der Waals surface area (Å²) in [5, 5.41) is 1.02. The molecule has 3 aromatic rings. The van der Waals surface area contributed by atoms with Crippen molar-refractivity contribution in [2.75, 3.05) is 27.2 Å². The number of para-hydroxylation sites is 1. The summed E-state index contributed by atoms with van der Waals surface area (Å²) in [5.74, 6) is 0.994. The van der Waals surface area contributed by atoms with Crippen LogP contribution in [0.1, 0.15) is 17.9 Å². The summed E-state index contributed by atoms with van der Waals surface area (Å²) in [6.45, 7) is 1.99. The monoisotopic (exact) mass is 370 g/mol. The molecule has 1 atom stereocenters. The fourth-order valence-electron chi connectivity index (χ4n) is 3.75. The van der Waals surface area contributed by atoms with Crippen molar-refractivity contribution in [1.82, 2.24) is 8.87 Å². The lowest BCUT2D eigenvalue weighted by molar-refractivity contribution is 0.412. The summed E-state index contributed by atoms with van der Waals surface area (Å²) in [5.41, 5.74) is 1.84. The van der Waals surface area contributed by atoms with Crippen molar-refractivity contribution in [2.24, 2.45) is 0 Å². The molecule has 1 fully saturated rings. The molecule has 6 heteroatoms. The van der Waals surface area contributed by atoms with E-state index in [2.05, 4.69) is 11.9 Å². The second-order valence-corrected chi connectivity index (χ2v) is 8.64. The Morgan fingerprint density at radius 1 is 1.08 bits per heavy atom. The van der Waals surface area contributed by atoms with Gasteiger partial charge in [0.05, 0.1) is 17.5 Å². The van der Waals surface area contributed by atoms with Crippen LogP contribution in [0, 0.1) is 0 Å². The first-order valence-corrected chi connectivity index (χ1v) is 10.1. The van der Waals surface area contributed by atoms with Gasteiger partial charge in [0.25, 0.3) is 10.0 Å². The fraction of sp³-hybridized carbons (Fsp3) is 0.300. The van der Waals surface area contributed by atoms with Crippen molar-refractivity contribution >= 4 is 20.9 Å². The molecule has 1 aliphatic heterocycles. The Bertz CT molecular complexity index is 1040. The highest BCUT2D eigenvalue weighted by molar-refractivity contribution is 7.90. The number of benzene rings is 2. The number of rotatable bonds is 4. The van der Waals surface area contributed by atoms with Gasteiger partial charge in [0.1, 0.15) is 5.75 Å². The first kappa shape index (κ1) is 17.1. The van der Waals surface area contributed by atoms with Gasteiger partial charge in [-0.05, 0) is 61.8 Å². The van der Waals surface area contributed by atoms with Gasteiger partial charge in [0.2, 0.25) is 0 Å². The predicted molar refractivity (Wildman–Crippen MR) is 102 cm³/mol. The Hall–Kier alpha value is -2.31. The van der Waals surface area contributed by atoms with Gasteiger partial charge in [-0.3, -0.25) is 0 Å². The summed E-state index contributed by atoms with van der Waals surface area (Å²) < 4.78 is 33.1. The molecule has 4 rings (SSSR count). The SMILES string of the molecule is COc1ccc(S(=O)(=O)n2cc(C3CCN(C)C3)c3ccccc32)cc1. The highest BCUT2D eigenvalue weighted by Crippen LogP contribution is 2.35. The van der Waals surface area contributed by atoms with Crippen LogP contribution in [-0.2, 0) is 10.0 Å². The van der Waals surface area contributed by atoms with E-state index < -0.39 is 10.0 Å². The summed E-state index contributed by atoms with van der Waals surface area (Å²) in [6, 6.07) is 14.3. The van der Waals surface area contributed by atoms with Gasteiger partial charge in [-0.1, -0.05) is 18.2 Å². The number of methoxy groups -OCH3 is 1. The number of ether oxygens (including phenoxy) is 1. The van der Waals surface area contributed by atoms with Crippen molar-refractivity contribution in [3.05, 3.63) is 60.3 Å². The van der Waals surface area contributed by atoms with Crippen molar-refractivity contribution in [3.63, 3.8) is 0 Å². The molecule has 0 amide bonds. The molecule has 26 heavy (non-hydrogen) atoms. The second-order valence-electron chi connectivity index (χ2n) is 6.83. The Morgan fingerprint density at radius 3 is 2.46 bits per heavy atom. The summed E-state index contributed by atoms with van der Waals surface area (Å²) in [7, 11) is 0.00250. The van der Waals surface area contributed by atoms with Gasteiger partial charge in [-0.2, -0.15) is 0 Å². The van der Waals surface area contributed by atoms with Crippen LogP contribution in [0.15, 0.2) is 59.6 Å². The molecule has 0 spiro atoms. The molecule has 0 radical (unpaired) electrons. The van der Waals surface area contributed by atoms with Crippen molar-refractivity contribution in [2.45, 2.75) is 17.2 Å². The molecule has 2 heterocycles. The van der Waals surface area contributed by atoms with E-state index in [1.54, 1.807) is 31.4 Å². The quantitative estimate of drug-likeness (QED) is 0.707. The van der Waals surface area contributed by atoms with Crippen LogP contribution >= 0.6 is 0 Å². The van der Waals surface area contributed by atoms with Gasteiger partial charge >= 0.3 is 0 Å². The van der Waals surface area contributed by atoms with Crippen molar-refractivity contribution in [3.8, 4) is 5.75 Å². The molecule has 1 aliphatic rings. The zero-order chi connectivity index (χ0) is 18.3. The lowest BCUT2D eigenvalue weighted by Gasteiger charge is -2.09. The maximum Gasteiger partial charge on any atom is 0.268 e. The van der Waals surface area contributed by atoms with E-state index >= 15 is 0 Å². The predicted octanol–water partition coefficient (Wildman–Crippen LogP) is 3.31. The van der Waals surface area contributed by atoms with Crippen LogP contribution in [-0.4, -0.2) is 44.5 Å². The molecule has 0 bridgehead atoms. The largest absolute Gasteiger partial charge is 0.497 e. The van der Waals surface area contributed by atoms with Crippen molar-refractivity contribution < 1.29 is 13.2 Å². The average molecular weight is 370 g/mol. The molecular weight excluding hydrogens is 348 g/mol. The zero-order valence-corrected chi connectivity index (χ0v) is 15.7. The molecule has 1 unspecified atom stereocenters. The topological polar surface area (TPSA) is 51.5 Å². The van der Waals surface area contributed by atoms with E-state index in [9.17, 15) is 8.42 Å². The van der Waals surface area contributed by atoms with E-state index in [-0.39, 0.29) is 4.90 Å². The van der Waals surface area contributed by atoms with E-state index in [4.69, 9.17) is 4.74 Å². The second kappa shape index (κ2) is 6.45. The molecule has 1 saturated heterocycles. The molecule has 1 aromatic heterocycles. The van der Waals surface area contributed by atoms with Crippen LogP contribution in [0.25, 0.3) is 10.9 Å². The van der Waals surface area contributed by atoms with Crippen LogP contribution in [0.3, 0.4) is 0 Å². The van der Waals surface area contributed by atoms with E-state index in [0.29, 0.717) is 11.7 Å². The third kappa shape index (κ3) is 2.79. The number of fused-ring (bicyclic) bond motifs is 1. The Balaban J connectivity index is 1.85. The number of likely N-dealkylation sites (tertiary alicyclic amines) is 1. The molecule has 136 valence electrons. The molecule has 2 aromatic carbocycles. The van der Waals surface area contributed by atoms with Gasteiger partial charge < -0.3 is 9.64 Å². The first-order valence-electron chi connectivity index (χ1n) is 8.69. The van der Waals surface area contributed by atoms with Gasteiger partial charge in [-0.15, -0.1) is 0 Å². The summed E-state index contributed by atoms with van der Waals surface area (Å²) in [6.07, 6.45) is 2.86. The van der Waals surface area contributed by atoms with Crippen LogP contribution in [0.5, 0.6) is 5.75 Å². The number of likely N-dealkylation sites (N-methyl/N-ethyl adjacent to an activating group) is 1. The number of aromatic nitrogens is 1. The summed E-state index contributed by atoms with van der Waals surface area (Å²) >= 11 is 0. The Labute approximate surface area is 153 Å². The number of hydrogen-bond acceptors (Lipinski definition) is 4. The maximum atomic E-state index is 13.3.